The summed E-state index contributed by atoms with van der Waals surface area (Å²) in [6.07, 6.45) is 3.47. The largest absolute Gasteiger partial charge is 0.391 e. The molecule has 4 nitrogen and oxygen atoms in total. The van der Waals surface area contributed by atoms with Crippen LogP contribution in [0.5, 0.6) is 0 Å². The minimum atomic E-state index is -0.381. The summed E-state index contributed by atoms with van der Waals surface area (Å²) in [5, 5.41) is 13.4. The van der Waals surface area contributed by atoms with Crippen molar-refractivity contribution >= 4 is 5.91 Å². The Kier molecular flexibility index (Phi) is 6.65. The van der Waals surface area contributed by atoms with Crippen LogP contribution in [0.1, 0.15) is 46.5 Å². The number of β-amino-alcohol motifs (C(OH)–C–C–N with tert-alkyl or cyclic N) is 1. The Balaban J connectivity index is 2.42. The molecule has 18 heavy (non-hydrogen) atoms. The molecule has 2 unspecified atom stereocenters. The van der Waals surface area contributed by atoms with E-state index in [0.29, 0.717) is 12.5 Å². The van der Waals surface area contributed by atoms with E-state index in [1.54, 1.807) is 0 Å². The van der Waals surface area contributed by atoms with Crippen LogP contribution >= 0.6 is 0 Å². The lowest BCUT2D eigenvalue weighted by molar-refractivity contribution is -0.131. The smallest absolute Gasteiger partial charge is 0.239 e. The molecule has 0 spiro atoms. The zero-order chi connectivity index (χ0) is 13.5. The molecule has 2 N–H and O–H groups in total. The molecule has 1 heterocycles. The number of hydrogen-bond donors (Lipinski definition) is 2. The Morgan fingerprint density at radius 3 is 2.61 bits per heavy atom. The van der Waals surface area contributed by atoms with Crippen LogP contribution in [0.2, 0.25) is 0 Å². The van der Waals surface area contributed by atoms with Gasteiger partial charge in [-0.05, 0) is 25.3 Å². The van der Waals surface area contributed by atoms with E-state index in [1.807, 2.05) is 4.90 Å². The molecule has 1 rings (SSSR count). The van der Waals surface area contributed by atoms with Crippen molar-refractivity contribution in [2.45, 2.75) is 58.6 Å². The fourth-order valence-electron chi connectivity index (χ4n) is 2.64. The third kappa shape index (κ3) is 3.95. The monoisotopic (exact) mass is 256 g/mol. The number of aliphatic hydroxyl groups is 1. The molecule has 4 heteroatoms. The summed E-state index contributed by atoms with van der Waals surface area (Å²) in [4.78, 5) is 13.9. The molecular weight excluding hydrogens is 228 g/mol. The van der Waals surface area contributed by atoms with Gasteiger partial charge in [0.05, 0.1) is 12.1 Å². The molecule has 0 aliphatic carbocycles. The molecule has 0 aromatic carbocycles. The second-order valence-electron chi connectivity index (χ2n) is 5.22. The summed E-state index contributed by atoms with van der Waals surface area (Å²) in [5.41, 5.74) is 0. The Morgan fingerprint density at radius 1 is 1.39 bits per heavy atom. The van der Waals surface area contributed by atoms with Crippen LogP contribution in [0.4, 0.5) is 0 Å². The number of aliphatic hydroxyl groups excluding tert-OH is 1. The van der Waals surface area contributed by atoms with Crippen molar-refractivity contribution < 1.29 is 9.90 Å². The molecular formula is C14H28N2O2. The number of amides is 1. The highest BCUT2D eigenvalue weighted by Gasteiger charge is 2.32. The lowest BCUT2D eigenvalue weighted by Crippen LogP contribution is -2.42. The predicted octanol–water partition coefficient (Wildman–Crippen LogP) is 1.38. The number of nitrogens with one attached hydrogen (secondary N) is 1. The normalized spacial score (nSPS) is 21.9. The van der Waals surface area contributed by atoms with Gasteiger partial charge in [0, 0.05) is 13.1 Å². The number of nitrogens with zero attached hydrogens (tertiary/aromatic N) is 1. The molecule has 1 aliphatic heterocycles. The maximum atomic E-state index is 12.1. The van der Waals surface area contributed by atoms with Crippen molar-refractivity contribution in [3.05, 3.63) is 0 Å². The third-order valence-electron chi connectivity index (χ3n) is 3.94. The fraction of sp³-hybridized carbons (Fsp3) is 0.929. The number of hydrogen-bond acceptors (Lipinski definition) is 3. The number of likely N-dealkylation sites (tertiary alicyclic amines) is 1. The summed E-state index contributed by atoms with van der Waals surface area (Å²) in [6.45, 7) is 8.44. The van der Waals surface area contributed by atoms with Gasteiger partial charge < -0.3 is 15.3 Å². The van der Waals surface area contributed by atoms with E-state index < -0.39 is 0 Å². The van der Waals surface area contributed by atoms with Gasteiger partial charge in [-0.3, -0.25) is 4.79 Å². The average molecular weight is 256 g/mol. The quantitative estimate of drug-likeness (QED) is 0.690. The first kappa shape index (κ1) is 15.4. The first-order valence-electron chi connectivity index (χ1n) is 7.34. The van der Waals surface area contributed by atoms with E-state index in [0.717, 1.165) is 38.8 Å². The molecule has 1 aliphatic rings. The highest BCUT2D eigenvalue weighted by molar-refractivity contribution is 5.84. The van der Waals surface area contributed by atoms with Crippen LogP contribution in [0.3, 0.4) is 0 Å². The van der Waals surface area contributed by atoms with E-state index >= 15 is 0 Å². The molecule has 1 saturated heterocycles. The van der Waals surface area contributed by atoms with Crippen LogP contribution in [0.15, 0.2) is 0 Å². The number of rotatable bonds is 8. The van der Waals surface area contributed by atoms with E-state index in [2.05, 4.69) is 26.1 Å². The van der Waals surface area contributed by atoms with Crippen molar-refractivity contribution in [2.24, 2.45) is 5.92 Å². The van der Waals surface area contributed by atoms with E-state index in [1.165, 1.54) is 0 Å². The van der Waals surface area contributed by atoms with Crippen LogP contribution in [0, 0.1) is 5.92 Å². The summed E-state index contributed by atoms with van der Waals surface area (Å²) in [6, 6.07) is -0.0288. The maximum Gasteiger partial charge on any atom is 0.239 e. The Morgan fingerprint density at radius 2 is 2.06 bits per heavy atom. The van der Waals surface area contributed by atoms with Gasteiger partial charge in [0.2, 0.25) is 5.91 Å². The molecule has 0 bridgehead atoms. The molecule has 0 radical (unpaired) electrons. The van der Waals surface area contributed by atoms with Gasteiger partial charge in [0.15, 0.2) is 0 Å². The third-order valence-corrected chi connectivity index (χ3v) is 3.94. The summed E-state index contributed by atoms with van der Waals surface area (Å²) >= 11 is 0. The highest BCUT2D eigenvalue weighted by atomic mass is 16.3. The highest BCUT2D eigenvalue weighted by Crippen LogP contribution is 2.18. The Hall–Kier alpha value is -0.610. The Labute approximate surface area is 111 Å². The van der Waals surface area contributed by atoms with Gasteiger partial charge in [-0.1, -0.05) is 33.6 Å². The van der Waals surface area contributed by atoms with Gasteiger partial charge in [-0.15, -0.1) is 0 Å². The van der Waals surface area contributed by atoms with Crippen molar-refractivity contribution in [1.82, 2.24) is 10.2 Å². The van der Waals surface area contributed by atoms with Crippen LogP contribution in [0.25, 0.3) is 0 Å². The predicted molar refractivity (Wildman–Crippen MR) is 73.4 cm³/mol. The first-order valence-corrected chi connectivity index (χ1v) is 7.34. The molecule has 106 valence electrons. The summed E-state index contributed by atoms with van der Waals surface area (Å²) in [5.74, 6) is 0.467. The zero-order valence-electron chi connectivity index (χ0n) is 12.0. The van der Waals surface area contributed by atoms with Crippen LogP contribution in [-0.4, -0.2) is 47.7 Å². The summed E-state index contributed by atoms with van der Waals surface area (Å²) in [7, 11) is 0. The standard InChI is InChI=1S/C14H28N2O2/c1-4-8-15-12-7-9-16(14(12)18)10-13(17)11(5-2)6-3/h11-13,15,17H,4-10H2,1-3H3. The maximum absolute atomic E-state index is 12.1. The van der Waals surface area contributed by atoms with Crippen LogP contribution in [-0.2, 0) is 4.79 Å². The Bertz CT molecular complexity index is 254. The average Bonchev–Trinajstić information content (AvgIpc) is 2.70. The van der Waals surface area contributed by atoms with Gasteiger partial charge >= 0.3 is 0 Å². The number of carbonyl (C=O) groups is 1. The first-order chi connectivity index (χ1) is 8.63. The van der Waals surface area contributed by atoms with E-state index in [9.17, 15) is 9.90 Å². The SMILES string of the molecule is CCCNC1CCN(CC(O)C(CC)CC)C1=O. The van der Waals surface area contributed by atoms with Gasteiger partial charge in [-0.25, -0.2) is 0 Å². The lowest BCUT2D eigenvalue weighted by atomic mass is 9.96. The second kappa shape index (κ2) is 7.74. The molecule has 0 aromatic rings. The fourth-order valence-corrected chi connectivity index (χ4v) is 2.64. The van der Waals surface area contributed by atoms with Gasteiger partial charge in [0.1, 0.15) is 0 Å². The molecule has 1 amide bonds. The summed E-state index contributed by atoms with van der Waals surface area (Å²) < 4.78 is 0. The minimum absolute atomic E-state index is 0.0288. The van der Waals surface area contributed by atoms with E-state index in [-0.39, 0.29) is 18.1 Å². The molecule has 0 saturated carbocycles. The van der Waals surface area contributed by atoms with Crippen molar-refractivity contribution in [3.63, 3.8) is 0 Å². The van der Waals surface area contributed by atoms with E-state index in [4.69, 9.17) is 0 Å². The number of carbonyl (C=O) groups excluding carboxylic acids is 1. The van der Waals surface area contributed by atoms with Gasteiger partial charge in [-0.2, -0.15) is 0 Å². The zero-order valence-corrected chi connectivity index (χ0v) is 12.0. The van der Waals surface area contributed by atoms with Crippen molar-refractivity contribution in [2.75, 3.05) is 19.6 Å². The minimum Gasteiger partial charge on any atom is -0.391 e. The van der Waals surface area contributed by atoms with Crippen LogP contribution < -0.4 is 5.32 Å². The molecule has 2 atom stereocenters. The van der Waals surface area contributed by atoms with Crippen molar-refractivity contribution in [1.29, 1.82) is 0 Å². The molecule has 0 aromatic heterocycles. The van der Waals surface area contributed by atoms with Gasteiger partial charge in [0.25, 0.3) is 0 Å². The molecule has 1 fully saturated rings. The second-order valence-corrected chi connectivity index (χ2v) is 5.22. The topological polar surface area (TPSA) is 52.6 Å². The lowest BCUT2D eigenvalue weighted by Gasteiger charge is -2.25. The van der Waals surface area contributed by atoms with Crippen molar-refractivity contribution in [3.8, 4) is 0 Å².